The highest BCUT2D eigenvalue weighted by Gasteiger charge is 2.33. The molecule has 0 saturated heterocycles. The molecule has 3 rings (SSSR count). The number of nitrogens with one attached hydrogen (secondary N) is 1. The molecule has 1 atom stereocenters. The SMILES string of the molecule is CNC(=O)C(C)N(Cc1c(Cl)cccc1Cl)C(=O)CN(c1cccc(C)c1C)S(=O)(=O)c1ccc(C)cc1. The highest BCUT2D eigenvalue weighted by molar-refractivity contribution is 7.92. The predicted molar refractivity (Wildman–Crippen MR) is 152 cm³/mol. The number of carbonyl (C=O) groups excluding carboxylic acids is 2. The minimum atomic E-state index is -4.15. The third-order valence-electron chi connectivity index (χ3n) is 6.54. The lowest BCUT2D eigenvalue weighted by atomic mass is 10.1. The van der Waals surface area contributed by atoms with Gasteiger partial charge in [-0.15, -0.1) is 0 Å². The van der Waals surface area contributed by atoms with Gasteiger partial charge in [0.25, 0.3) is 10.0 Å². The van der Waals surface area contributed by atoms with Crippen LogP contribution in [0.15, 0.2) is 65.6 Å². The van der Waals surface area contributed by atoms with Crippen LogP contribution in [0.5, 0.6) is 0 Å². The molecule has 10 heteroatoms. The van der Waals surface area contributed by atoms with Crippen molar-refractivity contribution in [1.29, 1.82) is 0 Å². The minimum absolute atomic E-state index is 0.0526. The van der Waals surface area contributed by atoms with Crippen molar-refractivity contribution in [2.24, 2.45) is 0 Å². The molecule has 3 aromatic rings. The summed E-state index contributed by atoms with van der Waals surface area (Å²) in [6.45, 7) is 6.48. The number of benzene rings is 3. The molecule has 0 saturated carbocycles. The van der Waals surface area contributed by atoms with Crippen LogP contribution < -0.4 is 9.62 Å². The second-order valence-corrected chi connectivity index (χ2v) is 11.7. The number of rotatable bonds is 9. The van der Waals surface area contributed by atoms with Gasteiger partial charge in [-0.25, -0.2) is 8.42 Å². The summed E-state index contributed by atoms with van der Waals surface area (Å²) >= 11 is 12.7. The Bertz CT molecular complexity index is 1420. The number of carbonyl (C=O) groups is 2. The van der Waals surface area contributed by atoms with E-state index in [-0.39, 0.29) is 11.4 Å². The van der Waals surface area contributed by atoms with Gasteiger partial charge < -0.3 is 10.2 Å². The Morgan fingerprint density at radius 3 is 2.08 bits per heavy atom. The summed E-state index contributed by atoms with van der Waals surface area (Å²) in [5, 5.41) is 3.21. The van der Waals surface area contributed by atoms with E-state index in [2.05, 4.69) is 5.32 Å². The number of hydrogen-bond donors (Lipinski definition) is 1. The Balaban J connectivity index is 2.11. The van der Waals surface area contributed by atoms with Crippen LogP contribution in [-0.4, -0.2) is 44.8 Å². The fraction of sp³-hybridized carbons (Fsp3) is 0.286. The molecule has 202 valence electrons. The topological polar surface area (TPSA) is 86.8 Å². The molecule has 0 fully saturated rings. The van der Waals surface area contributed by atoms with Gasteiger partial charge in [0.2, 0.25) is 11.8 Å². The van der Waals surface area contributed by atoms with Gasteiger partial charge in [-0.3, -0.25) is 13.9 Å². The fourth-order valence-electron chi connectivity index (χ4n) is 4.00. The Morgan fingerprint density at radius 1 is 0.921 bits per heavy atom. The van der Waals surface area contributed by atoms with Crippen LogP contribution in [0.4, 0.5) is 5.69 Å². The van der Waals surface area contributed by atoms with E-state index in [9.17, 15) is 18.0 Å². The Morgan fingerprint density at radius 2 is 1.50 bits per heavy atom. The number of anilines is 1. The number of halogens is 2. The van der Waals surface area contributed by atoms with Crippen LogP contribution >= 0.6 is 23.2 Å². The highest BCUT2D eigenvalue weighted by atomic mass is 35.5. The number of amides is 2. The van der Waals surface area contributed by atoms with Crippen molar-refractivity contribution in [3.05, 3.63) is 93.0 Å². The normalized spacial score (nSPS) is 12.1. The first-order valence-corrected chi connectivity index (χ1v) is 14.2. The second kappa shape index (κ2) is 12.2. The zero-order valence-electron chi connectivity index (χ0n) is 22.0. The molecule has 0 spiro atoms. The largest absolute Gasteiger partial charge is 0.357 e. The number of aryl methyl sites for hydroxylation is 2. The van der Waals surface area contributed by atoms with Crippen molar-refractivity contribution in [2.75, 3.05) is 17.9 Å². The number of sulfonamides is 1. The highest BCUT2D eigenvalue weighted by Crippen LogP contribution is 2.30. The van der Waals surface area contributed by atoms with Gasteiger partial charge in [0, 0.05) is 29.2 Å². The summed E-state index contributed by atoms with van der Waals surface area (Å²) < 4.78 is 28.9. The molecule has 0 aliphatic rings. The first-order valence-electron chi connectivity index (χ1n) is 12.0. The van der Waals surface area contributed by atoms with E-state index >= 15 is 0 Å². The van der Waals surface area contributed by atoms with Crippen molar-refractivity contribution in [3.8, 4) is 0 Å². The molecule has 2 amide bonds. The molecule has 3 aromatic carbocycles. The first kappa shape index (κ1) is 29.5. The molecule has 1 unspecified atom stereocenters. The third kappa shape index (κ3) is 6.31. The second-order valence-electron chi connectivity index (χ2n) is 9.06. The zero-order valence-corrected chi connectivity index (χ0v) is 24.3. The summed E-state index contributed by atoms with van der Waals surface area (Å²) in [4.78, 5) is 27.9. The smallest absolute Gasteiger partial charge is 0.264 e. The lowest BCUT2D eigenvalue weighted by molar-refractivity contribution is -0.139. The van der Waals surface area contributed by atoms with Crippen LogP contribution in [0.25, 0.3) is 0 Å². The number of hydrogen-bond acceptors (Lipinski definition) is 4. The van der Waals surface area contributed by atoms with E-state index in [0.717, 1.165) is 21.0 Å². The first-order chi connectivity index (χ1) is 17.9. The van der Waals surface area contributed by atoms with Crippen molar-refractivity contribution >= 4 is 50.7 Å². The molecule has 38 heavy (non-hydrogen) atoms. The van der Waals surface area contributed by atoms with E-state index in [4.69, 9.17) is 23.2 Å². The molecule has 0 heterocycles. The summed E-state index contributed by atoms with van der Waals surface area (Å²) in [5.41, 5.74) is 3.33. The molecule has 0 aromatic heterocycles. The number of likely N-dealkylation sites (N-methyl/N-ethyl adjacent to an activating group) is 1. The molecule has 0 aliphatic carbocycles. The van der Waals surface area contributed by atoms with E-state index in [0.29, 0.717) is 21.3 Å². The van der Waals surface area contributed by atoms with Crippen molar-refractivity contribution in [2.45, 2.75) is 45.2 Å². The van der Waals surface area contributed by atoms with Crippen molar-refractivity contribution in [3.63, 3.8) is 0 Å². The molecular formula is C28H31Cl2N3O4S. The molecular weight excluding hydrogens is 545 g/mol. The molecule has 1 N–H and O–H groups in total. The summed E-state index contributed by atoms with van der Waals surface area (Å²) in [7, 11) is -2.68. The maximum Gasteiger partial charge on any atom is 0.264 e. The lowest BCUT2D eigenvalue weighted by Gasteiger charge is -2.32. The standard InChI is InChI=1S/C28H31Cl2N3O4S/c1-18-12-14-22(15-13-18)38(36,37)33(26-11-6-8-19(2)20(26)3)17-27(34)32(21(4)28(35)31-5)16-23-24(29)9-7-10-25(23)30/h6-15,21H,16-17H2,1-5H3,(H,31,35). The van der Waals surface area contributed by atoms with E-state index in [1.165, 1.54) is 24.1 Å². The van der Waals surface area contributed by atoms with E-state index in [1.807, 2.05) is 19.9 Å². The van der Waals surface area contributed by atoms with Gasteiger partial charge in [-0.1, -0.05) is 59.1 Å². The van der Waals surface area contributed by atoms with E-state index < -0.39 is 34.4 Å². The third-order valence-corrected chi connectivity index (χ3v) is 9.02. The summed E-state index contributed by atoms with van der Waals surface area (Å²) in [5.74, 6) is -1.00. The van der Waals surface area contributed by atoms with Gasteiger partial charge in [0.15, 0.2) is 0 Å². The zero-order chi connectivity index (χ0) is 28.2. The fourth-order valence-corrected chi connectivity index (χ4v) is 5.99. The molecule has 0 aliphatic heterocycles. The van der Waals surface area contributed by atoms with Crippen molar-refractivity contribution in [1.82, 2.24) is 10.2 Å². The predicted octanol–water partition coefficient (Wildman–Crippen LogP) is 5.28. The number of nitrogens with zero attached hydrogens (tertiary/aromatic N) is 2. The maximum atomic E-state index is 13.9. The van der Waals surface area contributed by atoms with E-state index in [1.54, 1.807) is 56.3 Å². The lowest BCUT2D eigenvalue weighted by Crippen LogP contribution is -2.51. The van der Waals surface area contributed by atoms with Gasteiger partial charge in [0.05, 0.1) is 10.6 Å². The summed E-state index contributed by atoms with van der Waals surface area (Å²) in [6.07, 6.45) is 0. The maximum absolute atomic E-state index is 13.9. The van der Waals surface area contributed by atoms with Crippen LogP contribution in [0.3, 0.4) is 0 Å². The van der Waals surface area contributed by atoms with Gasteiger partial charge in [-0.05, 0) is 69.2 Å². The van der Waals surface area contributed by atoms with Crippen LogP contribution in [-0.2, 0) is 26.2 Å². The molecule has 0 radical (unpaired) electrons. The summed E-state index contributed by atoms with van der Waals surface area (Å²) in [6, 6.07) is 15.7. The van der Waals surface area contributed by atoms with Crippen LogP contribution in [0.2, 0.25) is 10.0 Å². The average Bonchev–Trinajstić information content (AvgIpc) is 2.88. The monoisotopic (exact) mass is 575 g/mol. The van der Waals surface area contributed by atoms with Gasteiger partial charge in [0.1, 0.15) is 12.6 Å². The van der Waals surface area contributed by atoms with Crippen LogP contribution in [0.1, 0.15) is 29.2 Å². The quantitative estimate of drug-likeness (QED) is 0.376. The molecule has 0 bridgehead atoms. The minimum Gasteiger partial charge on any atom is -0.357 e. The van der Waals surface area contributed by atoms with Gasteiger partial charge >= 0.3 is 0 Å². The average molecular weight is 577 g/mol. The van der Waals surface area contributed by atoms with Crippen molar-refractivity contribution < 1.29 is 18.0 Å². The Labute approximate surface area is 234 Å². The van der Waals surface area contributed by atoms with Crippen LogP contribution in [0, 0.1) is 20.8 Å². The molecule has 7 nitrogen and oxygen atoms in total. The Kier molecular flexibility index (Phi) is 9.46. The Hall–Kier alpha value is -3.07. The van der Waals surface area contributed by atoms with Gasteiger partial charge in [-0.2, -0.15) is 0 Å².